The van der Waals surface area contributed by atoms with Gasteiger partial charge in [-0.1, -0.05) is 0 Å². The van der Waals surface area contributed by atoms with E-state index >= 15 is 0 Å². The summed E-state index contributed by atoms with van der Waals surface area (Å²) in [7, 11) is 1.83. The van der Waals surface area contributed by atoms with Crippen LogP contribution in [0.3, 0.4) is 0 Å². The van der Waals surface area contributed by atoms with E-state index in [4.69, 9.17) is 8.83 Å². The summed E-state index contributed by atoms with van der Waals surface area (Å²) in [4.78, 5) is 2.03. The van der Waals surface area contributed by atoms with Crippen LogP contribution in [0, 0.1) is 0 Å². The molecule has 5 heteroatoms. The zero-order valence-corrected chi connectivity index (χ0v) is 10.9. The molecule has 2 atom stereocenters. The van der Waals surface area contributed by atoms with Gasteiger partial charge in [-0.15, -0.1) is 0 Å². The van der Waals surface area contributed by atoms with E-state index in [1.54, 1.807) is 18.8 Å². The Labute approximate surface area is 111 Å². The Morgan fingerprint density at radius 1 is 1.42 bits per heavy atom. The smallest absolute Gasteiger partial charge is 0.130 e. The maximum absolute atomic E-state index is 10.5. The second kappa shape index (κ2) is 5.21. The van der Waals surface area contributed by atoms with Gasteiger partial charge >= 0.3 is 0 Å². The minimum atomic E-state index is -0.618. The molecule has 1 aliphatic rings. The van der Waals surface area contributed by atoms with Crippen LogP contribution in [-0.2, 0) is 13.0 Å². The van der Waals surface area contributed by atoms with E-state index in [1.807, 2.05) is 24.1 Å². The van der Waals surface area contributed by atoms with Gasteiger partial charge in [0.05, 0.1) is 18.8 Å². The van der Waals surface area contributed by atoms with E-state index in [1.165, 1.54) is 0 Å². The van der Waals surface area contributed by atoms with Crippen LogP contribution in [0.25, 0.3) is 0 Å². The van der Waals surface area contributed by atoms with Gasteiger partial charge in [-0.25, -0.2) is 0 Å². The summed E-state index contributed by atoms with van der Waals surface area (Å²) in [6, 6.07) is 3.69. The summed E-state index contributed by atoms with van der Waals surface area (Å²) >= 11 is 0. The number of hydrogen-bond acceptors (Lipinski definition) is 5. The summed E-state index contributed by atoms with van der Waals surface area (Å²) in [5, 5.41) is 13.7. The van der Waals surface area contributed by atoms with E-state index in [2.05, 4.69) is 5.32 Å². The highest BCUT2D eigenvalue weighted by molar-refractivity contribution is 5.23. The summed E-state index contributed by atoms with van der Waals surface area (Å²) in [5.74, 6) is 0.838. The average molecular weight is 262 g/mol. The van der Waals surface area contributed by atoms with E-state index < -0.39 is 6.23 Å². The quantitative estimate of drug-likeness (QED) is 0.878. The highest BCUT2D eigenvalue weighted by Crippen LogP contribution is 2.29. The van der Waals surface area contributed by atoms with Gasteiger partial charge in [0.15, 0.2) is 0 Å². The first-order chi connectivity index (χ1) is 9.29. The maximum Gasteiger partial charge on any atom is 0.130 e. The molecular weight excluding hydrogens is 244 g/mol. The van der Waals surface area contributed by atoms with Crippen molar-refractivity contribution in [2.45, 2.75) is 25.2 Å². The maximum atomic E-state index is 10.5. The third-order valence-electron chi connectivity index (χ3n) is 3.68. The minimum absolute atomic E-state index is 0.209. The van der Waals surface area contributed by atoms with Crippen LogP contribution in [0.5, 0.6) is 0 Å². The number of nitrogens with zero attached hydrogens (tertiary/aromatic N) is 1. The van der Waals surface area contributed by atoms with Crippen LogP contribution in [-0.4, -0.2) is 29.8 Å². The van der Waals surface area contributed by atoms with Crippen molar-refractivity contribution < 1.29 is 13.9 Å². The topological polar surface area (TPSA) is 61.8 Å². The predicted octanol–water partition coefficient (Wildman–Crippen LogP) is 1.51. The molecule has 0 saturated carbocycles. The van der Waals surface area contributed by atoms with Gasteiger partial charge in [-0.2, -0.15) is 0 Å². The number of furan rings is 2. The van der Waals surface area contributed by atoms with E-state index in [0.29, 0.717) is 6.54 Å². The molecule has 2 N–H and O–H groups in total. The minimum Gasteiger partial charge on any atom is -0.472 e. The molecular formula is C14H18N2O3. The zero-order chi connectivity index (χ0) is 13.2. The fourth-order valence-electron chi connectivity index (χ4n) is 2.64. The lowest BCUT2D eigenvalue weighted by Crippen LogP contribution is -2.42. The summed E-state index contributed by atoms with van der Waals surface area (Å²) < 4.78 is 10.6. The molecule has 0 amide bonds. The molecule has 0 aromatic carbocycles. The van der Waals surface area contributed by atoms with Crippen molar-refractivity contribution in [2.75, 3.05) is 13.6 Å². The molecule has 0 fully saturated rings. The van der Waals surface area contributed by atoms with Gasteiger partial charge in [0, 0.05) is 18.7 Å². The van der Waals surface area contributed by atoms with Crippen molar-refractivity contribution >= 4 is 0 Å². The largest absolute Gasteiger partial charge is 0.472 e. The fourth-order valence-corrected chi connectivity index (χ4v) is 2.64. The molecule has 2 aromatic rings. The summed E-state index contributed by atoms with van der Waals surface area (Å²) in [5.41, 5.74) is 2.22. The molecule has 102 valence electrons. The lowest BCUT2D eigenvalue weighted by atomic mass is 10.1. The number of hydrogen-bond donors (Lipinski definition) is 2. The lowest BCUT2D eigenvalue weighted by molar-refractivity contribution is -0.0289. The van der Waals surface area contributed by atoms with Gasteiger partial charge in [0.1, 0.15) is 18.0 Å². The fraction of sp³-hybridized carbons (Fsp3) is 0.429. The second-order valence-electron chi connectivity index (χ2n) is 4.84. The molecule has 3 heterocycles. The van der Waals surface area contributed by atoms with Crippen molar-refractivity contribution in [3.63, 3.8) is 0 Å². The number of rotatable bonds is 3. The van der Waals surface area contributed by atoms with Crippen molar-refractivity contribution in [1.29, 1.82) is 0 Å². The molecule has 0 radical (unpaired) electrons. The number of nitrogens with one attached hydrogen (secondary N) is 1. The molecule has 2 unspecified atom stereocenters. The standard InChI is InChI=1S/C14H18N2O3/c1-15-12-13-11(4-7-19-13)2-5-16(14(12)17)8-10-3-6-18-9-10/h3-4,6-7,9,12,14-15,17H,2,5,8H2,1H3. The second-order valence-corrected chi connectivity index (χ2v) is 4.84. The van der Waals surface area contributed by atoms with E-state index in [0.717, 1.165) is 29.9 Å². The van der Waals surface area contributed by atoms with Crippen LogP contribution in [0.4, 0.5) is 0 Å². The van der Waals surface area contributed by atoms with Crippen molar-refractivity contribution in [3.05, 3.63) is 47.8 Å². The highest BCUT2D eigenvalue weighted by atomic mass is 16.3. The molecule has 2 aromatic heterocycles. The molecule has 0 aliphatic carbocycles. The van der Waals surface area contributed by atoms with Crippen LogP contribution in [0.2, 0.25) is 0 Å². The van der Waals surface area contributed by atoms with Crippen LogP contribution >= 0.6 is 0 Å². The third kappa shape index (κ3) is 2.32. The molecule has 0 saturated heterocycles. The number of aliphatic hydroxyl groups is 1. The van der Waals surface area contributed by atoms with Crippen molar-refractivity contribution in [1.82, 2.24) is 10.2 Å². The Bertz CT molecular complexity index is 521. The number of likely N-dealkylation sites (N-methyl/N-ethyl adjacent to an activating group) is 1. The number of aliphatic hydroxyl groups excluding tert-OH is 1. The summed E-state index contributed by atoms with van der Waals surface area (Å²) in [6.45, 7) is 1.46. The van der Waals surface area contributed by atoms with Crippen molar-refractivity contribution in [2.24, 2.45) is 0 Å². The van der Waals surface area contributed by atoms with Gasteiger partial charge in [-0.05, 0) is 31.2 Å². The average Bonchev–Trinajstić information content (AvgIpc) is 3.04. The van der Waals surface area contributed by atoms with Gasteiger partial charge in [-0.3, -0.25) is 4.90 Å². The Morgan fingerprint density at radius 2 is 2.32 bits per heavy atom. The molecule has 5 nitrogen and oxygen atoms in total. The monoisotopic (exact) mass is 262 g/mol. The van der Waals surface area contributed by atoms with Crippen LogP contribution in [0.1, 0.15) is 22.9 Å². The SMILES string of the molecule is CNC1c2occc2CCN(Cc2ccoc2)C1O. The first kappa shape index (κ1) is 12.5. The van der Waals surface area contributed by atoms with E-state index in [9.17, 15) is 5.11 Å². The predicted molar refractivity (Wildman–Crippen MR) is 69.3 cm³/mol. The third-order valence-corrected chi connectivity index (χ3v) is 3.68. The van der Waals surface area contributed by atoms with Gasteiger partial charge in [0.25, 0.3) is 0 Å². The molecule has 19 heavy (non-hydrogen) atoms. The Balaban J connectivity index is 1.83. The lowest BCUT2D eigenvalue weighted by Gasteiger charge is -2.29. The Hall–Kier alpha value is -1.56. The van der Waals surface area contributed by atoms with Crippen LogP contribution < -0.4 is 5.32 Å². The van der Waals surface area contributed by atoms with Gasteiger partial charge < -0.3 is 19.3 Å². The Kier molecular flexibility index (Phi) is 3.42. The molecule has 0 spiro atoms. The highest BCUT2D eigenvalue weighted by Gasteiger charge is 2.32. The molecule has 1 aliphatic heterocycles. The normalized spacial score (nSPS) is 24.1. The van der Waals surface area contributed by atoms with Crippen LogP contribution in [0.15, 0.2) is 39.8 Å². The molecule has 3 rings (SSSR count). The zero-order valence-electron chi connectivity index (χ0n) is 10.9. The number of fused-ring (bicyclic) bond motifs is 1. The summed E-state index contributed by atoms with van der Waals surface area (Å²) in [6.07, 6.45) is 5.31. The van der Waals surface area contributed by atoms with Gasteiger partial charge in [0.2, 0.25) is 0 Å². The first-order valence-electron chi connectivity index (χ1n) is 6.46. The van der Waals surface area contributed by atoms with Crippen molar-refractivity contribution in [3.8, 4) is 0 Å². The Morgan fingerprint density at radius 3 is 3.05 bits per heavy atom. The van der Waals surface area contributed by atoms with E-state index in [-0.39, 0.29) is 6.04 Å². The first-order valence-corrected chi connectivity index (χ1v) is 6.46. The molecule has 0 bridgehead atoms.